The van der Waals surface area contributed by atoms with Crippen LogP contribution in [0.2, 0.25) is 5.02 Å². The Labute approximate surface area is 106 Å². The summed E-state index contributed by atoms with van der Waals surface area (Å²) in [5.41, 5.74) is 0.895. The Morgan fingerprint density at radius 2 is 2.06 bits per heavy atom. The van der Waals surface area contributed by atoms with Crippen molar-refractivity contribution in [1.82, 2.24) is 0 Å². The number of carboxylic acid groups (broad SMARTS) is 1. The number of hydrogen-bond donors (Lipinski definition) is 2. The summed E-state index contributed by atoms with van der Waals surface area (Å²) in [6.45, 7) is 2.13. The lowest BCUT2D eigenvalue weighted by molar-refractivity contribution is 0.0698. The topological polar surface area (TPSA) is 49.3 Å². The molecule has 1 saturated carbocycles. The molecule has 1 aromatic rings. The van der Waals surface area contributed by atoms with Crippen molar-refractivity contribution in [1.29, 1.82) is 0 Å². The lowest BCUT2D eigenvalue weighted by Crippen LogP contribution is -2.31. The molecule has 3 nitrogen and oxygen atoms in total. The van der Waals surface area contributed by atoms with Crippen LogP contribution in [0.25, 0.3) is 0 Å². The lowest BCUT2D eigenvalue weighted by Gasteiger charge is -2.27. The van der Waals surface area contributed by atoms with Crippen molar-refractivity contribution in [2.45, 2.75) is 38.1 Å². The Morgan fingerprint density at radius 1 is 1.41 bits per heavy atom. The number of anilines is 1. The Kier molecular flexibility index (Phi) is 3.29. The number of halogens is 1. The van der Waals surface area contributed by atoms with E-state index in [-0.39, 0.29) is 11.1 Å². The van der Waals surface area contributed by atoms with Crippen LogP contribution in [0.4, 0.5) is 5.69 Å². The van der Waals surface area contributed by atoms with Gasteiger partial charge in [-0.2, -0.15) is 0 Å². The van der Waals surface area contributed by atoms with E-state index in [9.17, 15) is 4.79 Å². The Balaban J connectivity index is 2.30. The number of carboxylic acids is 1. The van der Waals surface area contributed by atoms with Gasteiger partial charge in [-0.3, -0.25) is 0 Å². The van der Waals surface area contributed by atoms with E-state index < -0.39 is 5.97 Å². The smallest absolute Gasteiger partial charge is 0.337 e. The first-order chi connectivity index (χ1) is 8.00. The summed E-state index contributed by atoms with van der Waals surface area (Å²) < 4.78 is 0. The number of nitrogens with one attached hydrogen (secondary N) is 1. The normalized spacial score (nSPS) is 18.0. The van der Waals surface area contributed by atoms with Gasteiger partial charge >= 0.3 is 5.97 Å². The summed E-state index contributed by atoms with van der Waals surface area (Å²) in [6.07, 6.45) is 4.51. The second kappa shape index (κ2) is 4.57. The molecule has 0 spiro atoms. The van der Waals surface area contributed by atoms with E-state index in [2.05, 4.69) is 12.2 Å². The minimum absolute atomic E-state index is 0.00508. The van der Waals surface area contributed by atoms with E-state index in [4.69, 9.17) is 16.7 Å². The summed E-state index contributed by atoms with van der Waals surface area (Å²) in [6, 6.07) is 4.84. The number of rotatable bonds is 3. The highest BCUT2D eigenvalue weighted by atomic mass is 35.5. The van der Waals surface area contributed by atoms with Gasteiger partial charge in [0, 0.05) is 10.6 Å². The fourth-order valence-corrected chi connectivity index (χ4v) is 2.58. The van der Waals surface area contributed by atoms with Gasteiger partial charge in [0.1, 0.15) is 0 Å². The molecule has 1 aliphatic carbocycles. The van der Waals surface area contributed by atoms with Gasteiger partial charge in [0.2, 0.25) is 0 Å². The molecular formula is C13H16ClNO2. The molecule has 0 aliphatic heterocycles. The van der Waals surface area contributed by atoms with Gasteiger partial charge in [0.05, 0.1) is 11.3 Å². The molecule has 0 bridgehead atoms. The van der Waals surface area contributed by atoms with Crippen LogP contribution in [0.3, 0.4) is 0 Å². The second-order valence-electron chi connectivity index (χ2n) is 4.89. The Bertz CT molecular complexity index is 439. The fraction of sp³-hybridized carbons (Fsp3) is 0.462. The SMILES string of the molecule is CC1(Nc2cc(Cl)ccc2C(=O)O)CCCC1. The van der Waals surface area contributed by atoms with Crippen molar-refractivity contribution in [2.75, 3.05) is 5.32 Å². The molecule has 1 aliphatic rings. The largest absolute Gasteiger partial charge is 0.478 e. The molecule has 4 heteroatoms. The van der Waals surface area contributed by atoms with Crippen molar-refractivity contribution in [2.24, 2.45) is 0 Å². The van der Waals surface area contributed by atoms with E-state index in [1.807, 2.05) is 0 Å². The molecule has 1 aromatic carbocycles. The molecule has 0 heterocycles. The van der Waals surface area contributed by atoms with Gasteiger partial charge in [-0.05, 0) is 38.0 Å². The van der Waals surface area contributed by atoms with Crippen molar-refractivity contribution < 1.29 is 9.90 Å². The Morgan fingerprint density at radius 3 is 2.65 bits per heavy atom. The summed E-state index contributed by atoms with van der Waals surface area (Å²) in [5.74, 6) is -0.925. The molecule has 92 valence electrons. The molecule has 0 radical (unpaired) electrons. The van der Waals surface area contributed by atoms with Crippen LogP contribution in [-0.2, 0) is 0 Å². The van der Waals surface area contributed by atoms with Crippen molar-refractivity contribution in [3.8, 4) is 0 Å². The number of benzene rings is 1. The van der Waals surface area contributed by atoms with Crippen LogP contribution >= 0.6 is 11.6 Å². The third-order valence-electron chi connectivity index (χ3n) is 3.36. The summed E-state index contributed by atoms with van der Waals surface area (Å²) >= 11 is 5.92. The van der Waals surface area contributed by atoms with Crippen LogP contribution in [0, 0.1) is 0 Å². The molecule has 0 aromatic heterocycles. The van der Waals surface area contributed by atoms with E-state index >= 15 is 0 Å². The molecule has 2 rings (SSSR count). The van der Waals surface area contributed by atoms with Gasteiger partial charge in [0.15, 0.2) is 0 Å². The maximum Gasteiger partial charge on any atom is 0.337 e. The number of carbonyl (C=O) groups is 1. The van der Waals surface area contributed by atoms with Crippen LogP contribution in [-0.4, -0.2) is 16.6 Å². The number of hydrogen-bond acceptors (Lipinski definition) is 2. The van der Waals surface area contributed by atoms with Gasteiger partial charge in [-0.15, -0.1) is 0 Å². The van der Waals surface area contributed by atoms with Gasteiger partial charge in [-0.25, -0.2) is 4.79 Å². The summed E-state index contributed by atoms with van der Waals surface area (Å²) in [7, 11) is 0. The standard InChI is InChI=1S/C13H16ClNO2/c1-13(6-2-3-7-13)15-11-8-9(14)4-5-10(11)12(16)17/h4-5,8,15H,2-3,6-7H2,1H3,(H,16,17). The average molecular weight is 254 g/mol. The molecule has 2 N–H and O–H groups in total. The third-order valence-corrected chi connectivity index (χ3v) is 3.59. The monoisotopic (exact) mass is 253 g/mol. The predicted octanol–water partition coefficient (Wildman–Crippen LogP) is 3.78. The molecule has 17 heavy (non-hydrogen) atoms. The van der Waals surface area contributed by atoms with E-state index in [1.54, 1.807) is 18.2 Å². The minimum atomic E-state index is -0.925. The Hall–Kier alpha value is -1.22. The summed E-state index contributed by atoms with van der Waals surface area (Å²) in [4.78, 5) is 11.1. The molecule has 1 fully saturated rings. The molecular weight excluding hydrogens is 238 g/mol. The van der Waals surface area contributed by atoms with Crippen molar-refractivity contribution >= 4 is 23.3 Å². The number of aromatic carboxylic acids is 1. The van der Waals surface area contributed by atoms with E-state index in [0.29, 0.717) is 10.7 Å². The molecule has 0 atom stereocenters. The highest BCUT2D eigenvalue weighted by Crippen LogP contribution is 2.34. The quantitative estimate of drug-likeness (QED) is 0.862. The van der Waals surface area contributed by atoms with Crippen molar-refractivity contribution in [3.05, 3.63) is 28.8 Å². The van der Waals surface area contributed by atoms with Crippen molar-refractivity contribution in [3.63, 3.8) is 0 Å². The molecule has 0 saturated heterocycles. The molecule has 0 amide bonds. The maximum atomic E-state index is 11.1. The third kappa shape index (κ3) is 2.72. The summed E-state index contributed by atoms with van der Waals surface area (Å²) in [5, 5.41) is 13.0. The van der Waals surface area contributed by atoms with Crippen LogP contribution in [0.1, 0.15) is 43.0 Å². The zero-order valence-electron chi connectivity index (χ0n) is 9.79. The lowest BCUT2D eigenvalue weighted by atomic mass is 9.99. The van der Waals surface area contributed by atoms with Gasteiger partial charge in [-0.1, -0.05) is 24.4 Å². The first-order valence-electron chi connectivity index (χ1n) is 5.81. The van der Waals surface area contributed by atoms with Gasteiger partial charge in [0.25, 0.3) is 0 Å². The van der Waals surface area contributed by atoms with Gasteiger partial charge < -0.3 is 10.4 Å². The van der Waals surface area contributed by atoms with Crippen LogP contribution < -0.4 is 5.32 Å². The zero-order chi connectivity index (χ0) is 12.5. The second-order valence-corrected chi connectivity index (χ2v) is 5.32. The predicted molar refractivity (Wildman–Crippen MR) is 68.9 cm³/mol. The minimum Gasteiger partial charge on any atom is -0.478 e. The zero-order valence-corrected chi connectivity index (χ0v) is 10.5. The fourth-order valence-electron chi connectivity index (χ4n) is 2.41. The molecule has 0 unspecified atom stereocenters. The van der Waals surface area contributed by atoms with E-state index in [1.165, 1.54) is 12.8 Å². The van der Waals surface area contributed by atoms with Crippen LogP contribution in [0.5, 0.6) is 0 Å². The van der Waals surface area contributed by atoms with Crippen LogP contribution in [0.15, 0.2) is 18.2 Å². The first kappa shape index (κ1) is 12.2. The highest BCUT2D eigenvalue weighted by molar-refractivity contribution is 6.31. The highest BCUT2D eigenvalue weighted by Gasteiger charge is 2.29. The maximum absolute atomic E-state index is 11.1. The first-order valence-corrected chi connectivity index (χ1v) is 6.19. The average Bonchev–Trinajstić information content (AvgIpc) is 2.64. The van der Waals surface area contributed by atoms with E-state index in [0.717, 1.165) is 12.8 Å².